The first-order valence-electron chi connectivity index (χ1n) is 5.78. The minimum absolute atomic E-state index is 0.344. The summed E-state index contributed by atoms with van der Waals surface area (Å²) in [6, 6.07) is 1.59. The lowest BCUT2D eigenvalue weighted by molar-refractivity contribution is -0.142. The number of hydrogen-bond donors (Lipinski definition) is 2. The Morgan fingerprint density at radius 3 is 2.83 bits per heavy atom. The summed E-state index contributed by atoms with van der Waals surface area (Å²) < 4.78 is 14.7. The van der Waals surface area contributed by atoms with Gasteiger partial charge in [-0.3, -0.25) is 4.79 Å². The van der Waals surface area contributed by atoms with Gasteiger partial charge in [-0.2, -0.15) is 0 Å². The number of carbonyl (C=O) groups is 1. The van der Waals surface area contributed by atoms with Crippen LogP contribution in [0.2, 0.25) is 0 Å². The fraction of sp³-hybridized carbons (Fsp3) is 0.583. The first-order chi connectivity index (χ1) is 8.30. The van der Waals surface area contributed by atoms with Gasteiger partial charge in [0.15, 0.2) is 0 Å². The van der Waals surface area contributed by atoms with Gasteiger partial charge >= 0.3 is 5.97 Å². The Labute approximate surface area is 114 Å². The Balaban J connectivity index is 2.21. The Bertz CT molecular complexity index is 452. The van der Waals surface area contributed by atoms with Crippen molar-refractivity contribution in [1.82, 2.24) is 4.72 Å². The number of fused-ring (bicyclic) bond motifs is 1. The van der Waals surface area contributed by atoms with Crippen molar-refractivity contribution in [3.63, 3.8) is 0 Å². The number of carboxylic acid groups (broad SMARTS) is 1. The van der Waals surface area contributed by atoms with E-state index < -0.39 is 28.0 Å². The second-order valence-corrected chi connectivity index (χ2v) is 8.42. The normalized spacial score (nSPS) is 24.9. The molecule has 4 nitrogen and oxygen atoms in total. The lowest BCUT2D eigenvalue weighted by Crippen LogP contribution is -2.43. The van der Waals surface area contributed by atoms with Gasteiger partial charge in [-0.05, 0) is 44.2 Å². The summed E-state index contributed by atoms with van der Waals surface area (Å²) >= 11 is 0.305. The molecule has 0 amide bonds. The molecule has 0 aromatic carbocycles. The zero-order valence-electron chi connectivity index (χ0n) is 10.6. The first kappa shape index (κ1) is 13.9. The predicted octanol–water partition coefficient (Wildman–Crippen LogP) is 2.10. The Kier molecular flexibility index (Phi) is 3.73. The van der Waals surface area contributed by atoms with Crippen molar-refractivity contribution in [2.45, 2.75) is 38.0 Å². The molecule has 6 heteroatoms. The molecule has 0 fully saturated rings. The number of hydrogen-bond acceptors (Lipinski definition) is 4. The SMILES string of the molecule is CC(C)(C)[S+]([O-])N[C@@H]1c2ccsc2C[C@H]1C(=O)O. The van der Waals surface area contributed by atoms with Gasteiger partial charge in [-0.1, -0.05) is 0 Å². The second-order valence-electron chi connectivity index (χ2n) is 5.42. The number of aliphatic carboxylic acids is 1. The van der Waals surface area contributed by atoms with Gasteiger partial charge in [-0.25, -0.2) is 0 Å². The van der Waals surface area contributed by atoms with Gasteiger partial charge in [0.2, 0.25) is 0 Å². The van der Waals surface area contributed by atoms with E-state index in [-0.39, 0.29) is 6.04 Å². The van der Waals surface area contributed by atoms with E-state index in [0.29, 0.717) is 6.42 Å². The van der Waals surface area contributed by atoms with E-state index in [2.05, 4.69) is 4.72 Å². The van der Waals surface area contributed by atoms with Crippen LogP contribution in [0.25, 0.3) is 0 Å². The lowest BCUT2D eigenvalue weighted by atomic mass is 10.0. The zero-order chi connectivity index (χ0) is 13.5. The third-order valence-corrected chi connectivity index (χ3v) is 5.57. The Morgan fingerprint density at radius 1 is 1.61 bits per heavy atom. The van der Waals surface area contributed by atoms with Gasteiger partial charge in [-0.15, -0.1) is 16.1 Å². The quantitative estimate of drug-likeness (QED) is 0.835. The zero-order valence-corrected chi connectivity index (χ0v) is 12.2. The molecule has 0 spiro atoms. The number of thiophene rings is 1. The van der Waals surface area contributed by atoms with Crippen molar-refractivity contribution in [3.05, 3.63) is 21.9 Å². The molecule has 0 bridgehead atoms. The van der Waals surface area contributed by atoms with Crippen LogP contribution in [0.5, 0.6) is 0 Å². The summed E-state index contributed by atoms with van der Waals surface area (Å²) in [4.78, 5) is 12.4. The van der Waals surface area contributed by atoms with Crippen LogP contribution in [0.1, 0.15) is 37.3 Å². The van der Waals surface area contributed by atoms with Gasteiger partial charge in [0.1, 0.15) is 4.75 Å². The molecule has 1 aromatic rings. The maximum absolute atomic E-state index is 12.1. The number of rotatable bonds is 3. The summed E-state index contributed by atoms with van der Waals surface area (Å²) in [5.74, 6) is -1.35. The fourth-order valence-corrected chi connectivity index (χ4v) is 3.86. The average Bonchev–Trinajstić information content (AvgIpc) is 2.78. The summed E-state index contributed by atoms with van der Waals surface area (Å²) in [5, 5.41) is 11.2. The topological polar surface area (TPSA) is 72.4 Å². The van der Waals surface area contributed by atoms with Crippen LogP contribution in [0.3, 0.4) is 0 Å². The summed E-state index contributed by atoms with van der Waals surface area (Å²) in [7, 11) is 0. The van der Waals surface area contributed by atoms with Crippen LogP contribution < -0.4 is 4.72 Å². The van der Waals surface area contributed by atoms with Gasteiger partial charge in [0.05, 0.1) is 12.0 Å². The number of nitrogens with one attached hydrogen (secondary N) is 1. The van der Waals surface area contributed by atoms with Crippen LogP contribution in [0.4, 0.5) is 0 Å². The van der Waals surface area contributed by atoms with E-state index in [9.17, 15) is 14.5 Å². The van der Waals surface area contributed by atoms with Crippen LogP contribution in [0.15, 0.2) is 11.4 Å². The maximum atomic E-state index is 12.1. The molecular formula is C12H17NO3S2. The van der Waals surface area contributed by atoms with E-state index in [1.807, 2.05) is 32.2 Å². The van der Waals surface area contributed by atoms with Gasteiger partial charge in [0, 0.05) is 16.2 Å². The van der Waals surface area contributed by atoms with Crippen molar-refractivity contribution in [2.75, 3.05) is 0 Å². The molecule has 2 rings (SSSR count). The van der Waals surface area contributed by atoms with E-state index >= 15 is 0 Å². The molecule has 18 heavy (non-hydrogen) atoms. The fourth-order valence-electron chi connectivity index (χ4n) is 2.00. The van der Waals surface area contributed by atoms with Crippen molar-refractivity contribution >= 4 is 28.7 Å². The van der Waals surface area contributed by atoms with Crippen LogP contribution in [0, 0.1) is 5.92 Å². The molecule has 0 saturated carbocycles. The minimum atomic E-state index is -1.26. The highest BCUT2D eigenvalue weighted by Crippen LogP contribution is 2.40. The third-order valence-electron chi connectivity index (χ3n) is 3.03. The highest BCUT2D eigenvalue weighted by Gasteiger charge is 2.42. The maximum Gasteiger partial charge on any atom is 0.308 e. The van der Waals surface area contributed by atoms with E-state index in [4.69, 9.17) is 0 Å². The Morgan fingerprint density at radius 2 is 2.28 bits per heavy atom. The second kappa shape index (κ2) is 4.85. The van der Waals surface area contributed by atoms with Gasteiger partial charge in [0.25, 0.3) is 0 Å². The standard InChI is InChI=1S/C12H17NO3S2/c1-12(2,3)18(16)13-10-7-4-5-17-9(7)6-8(10)11(14)15/h4-5,8,10,13H,6H2,1-3H3,(H,14,15)/t8-,10-,18?/m1/s1. The highest BCUT2D eigenvalue weighted by atomic mass is 32.2. The molecule has 0 saturated heterocycles. The van der Waals surface area contributed by atoms with Crippen molar-refractivity contribution in [3.8, 4) is 0 Å². The Hall–Kier alpha value is -0.560. The minimum Gasteiger partial charge on any atom is -0.598 e. The highest BCUT2D eigenvalue weighted by molar-refractivity contribution is 7.90. The molecule has 1 heterocycles. The molecule has 1 unspecified atom stereocenters. The molecule has 100 valence electrons. The van der Waals surface area contributed by atoms with Crippen LogP contribution in [-0.4, -0.2) is 20.4 Å². The largest absolute Gasteiger partial charge is 0.598 e. The third kappa shape index (κ3) is 2.56. The van der Waals surface area contributed by atoms with Crippen LogP contribution in [-0.2, 0) is 22.6 Å². The predicted molar refractivity (Wildman–Crippen MR) is 72.9 cm³/mol. The molecule has 0 radical (unpaired) electrons. The van der Waals surface area contributed by atoms with Crippen LogP contribution >= 0.6 is 11.3 Å². The summed E-state index contributed by atoms with van der Waals surface area (Å²) in [6.45, 7) is 5.61. The van der Waals surface area contributed by atoms with E-state index in [1.54, 1.807) is 11.3 Å². The van der Waals surface area contributed by atoms with Crippen molar-refractivity contribution < 1.29 is 14.5 Å². The summed E-state index contributed by atoms with van der Waals surface area (Å²) in [6.07, 6.45) is 0.529. The molecule has 0 aliphatic heterocycles. The van der Waals surface area contributed by atoms with E-state index in [0.717, 1.165) is 10.4 Å². The smallest absolute Gasteiger partial charge is 0.308 e. The van der Waals surface area contributed by atoms with Crippen molar-refractivity contribution in [2.24, 2.45) is 5.92 Å². The molecule has 1 aromatic heterocycles. The molecule has 2 N–H and O–H groups in total. The molecule has 1 aliphatic carbocycles. The first-order valence-corrected chi connectivity index (χ1v) is 7.81. The number of carboxylic acids is 1. The van der Waals surface area contributed by atoms with Gasteiger partial charge < -0.3 is 9.66 Å². The average molecular weight is 287 g/mol. The lowest BCUT2D eigenvalue weighted by Gasteiger charge is -2.28. The van der Waals surface area contributed by atoms with Crippen molar-refractivity contribution in [1.29, 1.82) is 0 Å². The monoisotopic (exact) mass is 287 g/mol. The summed E-state index contributed by atoms with van der Waals surface area (Å²) in [5.41, 5.74) is 0.991. The van der Waals surface area contributed by atoms with E-state index in [1.165, 1.54) is 0 Å². The molecule has 3 atom stereocenters. The molecule has 1 aliphatic rings. The molecular weight excluding hydrogens is 270 g/mol.